The van der Waals surface area contributed by atoms with Gasteiger partial charge in [0.25, 0.3) is 5.56 Å². The Morgan fingerprint density at radius 1 is 1.32 bits per heavy atom. The molecule has 1 aliphatic rings. The molecule has 2 N–H and O–H groups in total. The van der Waals surface area contributed by atoms with Gasteiger partial charge in [-0.05, 0) is 62.8 Å². The van der Waals surface area contributed by atoms with Crippen LogP contribution in [0.5, 0.6) is 5.75 Å². The second kappa shape index (κ2) is 6.64. The van der Waals surface area contributed by atoms with Gasteiger partial charge in [-0.15, -0.1) is 0 Å². The monoisotopic (exact) mass is 341 g/mol. The van der Waals surface area contributed by atoms with Crippen LogP contribution in [0.3, 0.4) is 0 Å². The topological polar surface area (TPSA) is 70.1 Å². The van der Waals surface area contributed by atoms with E-state index in [4.69, 9.17) is 15.5 Å². The molecular weight excluding hydrogens is 314 g/mol. The van der Waals surface area contributed by atoms with Gasteiger partial charge in [-0.3, -0.25) is 9.36 Å². The zero-order valence-electron chi connectivity index (χ0n) is 15.5. The molecule has 0 saturated heterocycles. The number of nitrogens with zero attached hydrogens (tertiary/aromatic N) is 2. The fourth-order valence-electron chi connectivity index (χ4n) is 3.43. The highest BCUT2D eigenvalue weighted by molar-refractivity contribution is 5.40. The van der Waals surface area contributed by atoms with Crippen LogP contribution in [0.15, 0.2) is 29.1 Å². The molecule has 1 atom stereocenters. The molecule has 0 radical (unpaired) electrons. The highest BCUT2D eigenvalue weighted by atomic mass is 16.5. The van der Waals surface area contributed by atoms with E-state index in [-0.39, 0.29) is 17.0 Å². The summed E-state index contributed by atoms with van der Waals surface area (Å²) in [5.41, 5.74) is 8.86. The molecule has 134 valence electrons. The molecule has 5 heteroatoms. The Morgan fingerprint density at radius 3 is 2.60 bits per heavy atom. The van der Waals surface area contributed by atoms with Gasteiger partial charge in [-0.1, -0.05) is 13.8 Å². The van der Waals surface area contributed by atoms with Gasteiger partial charge in [0.05, 0.1) is 24.0 Å². The van der Waals surface area contributed by atoms with Crippen LogP contribution in [0.1, 0.15) is 57.2 Å². The molecule has 0 saturated carbocycles. The lowest BCUT2D eigenvalue weighted by Gasteiger charge is -2.31. The molecule has 5 nitrogen and oxygen atoms in total. The van der Waals surface area contributed by atoms with Crippen LogP contribution in [0.2, 0.25) is 0 Å². The van der Waals surface area contributed by atoms with Crippen molar-refractivity contribution in [2.24, 2.45) is 11.1 Å². The molecule has 0 spiro atoms. The molecule has 25 heavy (non-hydrogen) atoms. The van der Waals surface area contributed by atoms with Crippen molar-refractivity contribution in [3.05, 3.63) is 51.7 Å². The highest BCUT2D eigenvalue weighted by Gasteiger charge is 2.30. The summed E-state index contributed by atoms with van der Waals surface area (Å²) in [5, 5.41) is 0. The molecule has 1 aromatic carbocycles. The van der Waals surface area contributed by atoms with Crippen molar-refractivity contribution >= 4 is 0 Å². The first-order chi connectivity index (χ1) is 11.8. The van der Waals surface area contributed by atoms with E-state index in [0.717, 1.165) is 42.0 Å². The fourth-order valence-corrected chi connectivity index (χ4v) is 3.43. The smallest absolute Gasteiger partial charge is 0.261 e. The Labute approximate surface area is 148 Å². The van der Waals surface area contributed by atoms with Gasteiger partial charge in [0.2, 0.25) is 0 Å². The zero-order chi connectivity index (χ0) is 18.2. The third kappa shape index (κ3) is 3.47. The molecule has 1 unspecified atom stereocenters. The number of nitrogens with two attached hydrogens (primary N) is 1. The molecule has 0 fully saturated rings. The summed E-state index contributed by atoms with van der Waals surface area (Å²) < 4.78 is 7.15. The van der Waals surface area contributed by atoms with Crippen LogP contribution in [0.25, 0.3) is 5.69 Å². The van der Waals surface area contributed by atoms with E-state index < -0.39 is 0 Å². The lowest BCUT2D eigenvalue weighted by atomic mass is 9.76. The summed E-state index contributed by atoms with van der Waals surface area (Å²) in [7, 11) is 0. The number of aromatic nitrogens is 2. The van der Waals surface area contributed by atoms with E-state index in [0.29, 0.717) is 12.4 Å². The third-order valence-electron chi connectivity index (χ3n) is 4.80. The second-order valence-electron chi connectivity index (χ2n) is 7.59. The summed E-state index contributed by atoms with van der Waals surface area (Å²) >= 11 is 0. The molecule has 2 aromatic rings. The number of hydrogen-bond acceptors (Lipinski definition) is 4. The fraction of sp³-hybridized carbons (Fsp3) is 0.500. The maximum Gasteiger partial charge on any atom is 0.261 e. The average Bonchev–Trinajstić information content (AvgIpc) is 2.54. The minimum Gasteiger partial charge on any atom is -0.494 e. The van der Waals surface area contributed by atoms with Gasteiger partial charge < -0.3 is 10.5 Å². The molecule has 1 aliphatic carbocycles. The molecule has 3 rings (SSSR count). The second-order valence-corrected chi connectivity index (χ2v) is 7.59. The zero-order valence-corrected chi connectivity index (χ0v) is 15.5. The molecule has 1 heterocycles. The van der Waals surface area contributed by atoms with Crippen LogP contribution >= 0.6 is 0 Å². The Hall–Kier alpha value is -2.14. The van der Waals surface area contributed by atoms with Crippen molar-refractivity contribution in [2.75, 3.05) is 6.61 Å². The SMILES string of the molecule is CCOc1ccc(-n2c(C(C)N)nc3c(c2=O)CCC(C)(C)C3)cc1. The van der Waals surface area contributed by atoms with E-state index in [9.17, 15) is 4.79 Å². The third-order valence-corrected chi connectivity index (χ3v) is 4.80. The van der Waals surface area contributed by atoms with Crippen molar-refractivity contribution in [1.82, 2.24) is 9.55 Å². The highest BCUT2D eigenvalue weighted by Crippen LogP contribution is 2.33. The van der Waals surface area contributed by atoms with Gasteiger partial charge in [-0.2, -0.15) is 0 Å². The number of fused-ring (bicyclic) bond motifs is 1. The van der Waals surface area contributed by atoms with E-state index in [1.807, 2.05) is 38.1 Å². The summed E-state index contributed by atoms with van der Waals surface area (Å²) in [4.78, 5) is 18.0. The van der Waals surface area contributed by atoms with Crippen molar-refractivity contribution < 1.29 is 4.74 Å². The molecule has 1 aromatic heterocycles. The first-order valence-corrected chi connectivity index (χ1v) is 8.96. The summed E-state index contributed by atoms with van der Waals surface area (Å²) in [6.45, 7) is 8.87. The Balaban J connectivity index is 2.14. The van der Waals surface area contributed by atoms with E-state index in [1.54, 1.807) is 4.57 Å². The van der Waals surface area contributed by atoms with Gasteiger partial charge >= 0.3 is 0 Å². The predicted octanol–water partition coefficient (Wildman–Crippen LogP) is 3.17. The van der Waals surface area contributed by atoms with Crippen LogP contribution in [-0.2, 0) is 12.8 Å². The standard InChI is InChI=1S/C20H27N3O2/c1-5-25-15-8-6-14(7-9-15)23-18(13(2)21)22-17-12-20(3,4)11-10-16(17)19(23)24/h6-9,13H,5,10-12,21H2,1-4H3. The van der Waals surface area contributed by atoms with Gasteiger partial charge in [0, 0.05) is 5.56 Å². The minimum absolute atomic E-state index is 0.0111. The Bertz CT molecular complexity index is 820. The lowest BCUT2D eigenvalue weighted by molar-refractivity contribution is 0.307. The molecule has 0 amide bonds. The maximum atomic E-state index is 13.2. The summed E-state index contributed by atoms with van der Waals surface area (Å²) in [6, 6.07) is 7.20. The predicted molar refractivity (Wildman–Crippen MR) is 99.4 cm³/mol. The maximum absolute atomic E-state index is 13.2. The van der Waals surface area contributed by atoms with E-state index >= 15 is 0 Å². The molecule has 0 aliphatic heterocycles. The van der Waals surface area contributed by atoms with Gasteiger partial charge in [0.15, 0.2) is 0 Å². The van der Waals surface area contributed by atoms with Crippen molar-refractivity contribution in [3.8, 4) is 11.4 Å². The number of benzene rings is 1. The quantitative estimate of drug-likeness (QED) is 0.927. The van der Waals surface area contributed by atoms with Crippen LogP contribution in [-0.4, -0.2) is 16.2 Å². The van der Waals surface area contributed by atoms with Crippen LogP contribution < -0.4 is 16.0 Å². The van der Waals surface area contributed by atoms with E-state index in [1.165, 1.54) is 0 Å². The van der Waals surface area contributed by atoms with Gasteiger partial charge in [-0.25, -0.2) is 4.98 Å². The molecular formula is C20H27N3O2. The first-order valence-electron chi connectivity index (χ1n) is 8.96. The Kier molecular flexibility index (Phi) is 4.69. The lowest BCUT2D eigenvalue weighted by Crippen LogP contribution is -2.36. The van der Waals surface area contributed by atoms with E-state index in [2.05, 4.69) is 13.8 Å². The minimum atomic E-state index is -0.324. The van der Waals surface area contributed by atoms with Crippen molar-refractivity contribution in [2.45, 2.75) is 53.0 Å². The van der Waals surface area contributed by atoms with Crippen molar-refractivity contribution in [1.29, 1.82) is 0 Å². The summed E-state index contributed by atoms with van der Waals surface area (Å²) in [6.07, 6.45) is 2.59. The number of ether oxygens (including phenoxy) is 1. The molecule has 0 bridgehead atoms. The number of rotatable bonds is 4. The average molecular weight is 341 g/mol. The number of hydrogen-bond donors (Lipinski definition) is 1. The normalized spacial score (nSPS) is 17.0. The van der Waals surface area contributed by atoms with Crippen molar-refractivity contribution in [3.63, 3.8) is 0 Å². The Morgan fingerprint density at radius 2 is 2.00 bits per heavy atom. The van der Waals surface area contributed by atoms with Gasteiger partial charge in [0.1, 0.15) is 11.6 Å². The first kappa shape index (κ1) is 17.7. The largest absolute Gasteiger partial charge is 0.494 e. The van der Waals surface area contributed by atoms with Crippen LogP contribution in [0.4, 0.5) is 0 Å². The summed E-state index contributed by atoms with van der Waals surface area (Å²) in [5.74, 6) is 1.40. The van der Waals surface area contributed by atoms with Crippen LogP contribution in [0, 0.1) is 5.41 Å².